The van der Waals surface area contributed by atoms with E-state index in [1.54, 1.807) is 20.8 Å². The molecule has 0 aromatic heterocycles. The van der Waals surface area contributed by atoms with E-state index in [1.165, 1.54) is 7.11 Å². The molecule has 0 aliphatic rings. The Kier molecular flexibility index (Phi) is 7.74. The Morgan fingerprint density at radius 2 is 1.67 bits per heavy atom. The van der Waals surface area contributed by atoms with Crippen LogP contribution in [0.5, 0.6) is 0 Å². The van der Waals surface area contributed by atoms with Crippen LogP contribution in [0, 0.1) is 5.92 Å². The molecule has 0 N–H and O–H groups in total. The lowest BCUT2D eigenvalue weighted by atomic mass is 10.2. The quantitative estimate of drug-likeness (QED) is 0.503. The first-order valence-electron chi connectivity index (χ1n) is 5.79. The predicted octanol–water partition coefficient (Wildman–Crippen LogP) is 1.07. The van der Waals surface area contributed by atoms with Gasteiger partial charge in [-0.3, -0.25) is 14.4 Å². The van der Waals surface area contributed by atoms with Crippen molar-refractivity contribution in [2.45, 2.75) is 39.7 Å². The molecule has 1 unspecified atom stereocenters. The van der Waals surface area contributed by atoms with Crippen molar-refractivity contribution in [1.29, 1.82) is 0 Å². The molecule has 0 aliphatic carbocycles. The van der Waals surface area contributed by atoms with Crippen LogP contribution < -0.4 is 0 Å². The summed E-state index contributed by atoms with van der Waals surface area (Å²) < 4.78 is 14.2. The predicted molar refractivity (Wildman–Crippen MR) is 62.6 cm³/mol. The average molecular weight is 260 g/mol. The number of carbonyl (C=O) groups is 3. The second kappa shape index (κ2) is 8.49. The molecule has 0 rings (SSSR count). The van der Waals surface area contributed by atoms with Gasteiger partial charge >= 0.3 is 17.9 Å². The van der Waals surface area contributed by atoms with Crippen molar-refractivity contribution in [1.82, 2.24) is 0 Å². The molecule has 0 aromatic carbocycles. The SMILES string of the molecule is COC(=O)CCOC(=O)CC(C)OC(=O)C(C)C. The average Bonchev–Trinajstić information content (AvgIpc) is 2.28. The van der Waals surface area contributed by atoms with Gasteiger partial charge in [-0.2, -0.15) is 0 Å². The van der Waals surface area contributed by atoms with Gasteiger partial charge in [0.2, 0.25) is 0 Å². The van der Waals surface area contributed by atoms with E-state index in [0.717, 1.165) is 0 Å². The van der Waals surface area contributed by atoms with E-state index in [0.29, 0.717) is 0 Å². The molecule has 0 saturated heterocycles. The lowest BCUT2D eigenvalue weighted by Crippen LogP contribution is -2.23. The van der Waals surface area contributed by atoms with E-state index in [1.807, 2.05) is 0 Å². The molecule has 1 atom stereocenters. The van der Waals surface area contributed by atoms with E-state index in [9.17, 15) is 14.4 Å². The van der Waals surface area contributed by atoms with Gasteiger partial charge in [-0.05, 0) is 6.92 Å². The fraction of sp³-hybridized carbons (Fsp3) is 0.750. The summed E-state index contributed by atoms with van der Waals surface area (Å²) in [5.74, 6) is -1.54. The minimum absolute atomic E-state index is 0.0163. The number of ether oxygens (including phenoxy) is 3. The summed E-state index contributed by atoms with van der Waals surface area (Å²) in [6.45, 7) is 5.01. The first-order chi connectivity index (χ1) is 8.36. The molecule has 0 fully saturated rings. The Labute approximate surface area is 107 Å². The monoisotopic (exact) mass is 260 g/mol. The van der Waals surface area contributed by atoms with Crippen molar-refractivity contribution < 1.29 is 28.6 Å². The van der Waals surface area contributed by atoms with E-state index >= 15 is 0 Å². The molecular formula is C12H20O6. The van der Waals surface area contributed by atoms with Gasteiger partial charge in [-0.1, -0.05) is 13.8 Å². The highest BCUT2D eigenvalue weighted by Gasteiger charge is 2.17. The van der Waals surface area contributed by atoms with Crippen LogP contribution in [-0.2, 0) is 28.6 Å². The van der Waals surface area contributed by atoms with Crippen molar-refractivity contribution in [2.24, 2.45) is 5.92 Å². The molecule has 6 nitrogen and oxygen atoms in total. The lowest BCUT2D eigenvalue weighted by Gasteiger charge is -2.14. The van der Waals surface area contributed by atoms with Gasteiger partial charge in [-0.25, -0.2) is 0 Å². The number of hydrogen-bond donors (Lipinski definition) is 0. The minimum Gasteiger partial charge on any atom is -0.469 e. The van der Waals surface area contributed by atoms with Crippen LogP contribution in [-0.4, -0.2) is 37.7 Å². The number of rotatable bonds is 7. The standard InChI is InChI=1S/C12H20O6/c1-8(2)12(15)18-9(3)7-11(14)17-6-5-10(13)16-4/h8-9H,5-7H2,1-4H3. The first kappa shape index (κ1) is 16.4. The molecule has 0 radical (unpaired) electrons. The largest absolute Gasteiger partial charge is 0.469 e. The summed E-state index contributed by atoms with van der Waals surface area (Å²) in [4.78, 5) is 33.3. The summed E-state index contributed by atoms with van der Waals surface area (Å²) in [5, 5.41) is 0. The van der Waals surface area contributed by atoms with Gasteiger partial charge < -0.3 is 14.2 Å². The summed E-state index contributed by atoms with van der Waals surface area (Å²) in [6, 6.07) is 0. The summed E-state index contributed by atoms with van der Waals surface area (Å²) in [5.41, 5.74) is 0. The van der Waals surface area contributed by atoms with E-state index in [-0.39, 0.29) is 31.3 Å². The van der Waals surface area contributed by atoms with Gasteiger partial charge in [-0.15, -0.1) is 0 Å². The fourth-order valence-electron chi connectivity index (χ4n) is 1.02. The maximum Gasteiger partial charge on any atom is 0.309 e. The molecule has 0 amide bonds. The molecule has 6 heteroatoms. The molecule has 0 aromatic rings. The van der Waals surface area contributed by atoms with Gasteiger partial charge in [0.05, 0.1) is 25.9 Å². The van der Waals surface area contributed by atoms with Crippen LogP contribution in [0.3, 0.4) is 0 Å². The van der Waals surface area contributed by atoms with Crippen LogP contribution in [0.2, 0.25) is 0 Å². The molecule has 0 aliphatic heterocycles. The van der Waals surface area contributed by atoms with Gasteiger partial charge in [0.15, 0.2) is 0 Å². The Bertz CT molecular complexity index is 297. The fourth-order valence-corrected chi connectivity index (χ4v) is 1.02. The van der Waals surface area contributed by atoms with Crippen molar-refractivity contribution in [2.75, 3.05) is 13.7 Å². The normalized spacial score (nSPS) is 11.8. The van der Waals surface area contributed by atoms with Crippen LogP contribution in [0.25, 0.3) is 0 Å². The van der Waals surface area contributed by atoms with Crippen LogP contribution in [0.4, 0.5) is 0 Å². The molecule has 0 heterocycles. The number of hydrogen-bond acceptors (Lipinski definition) is 6. The Balaban J connectivity index is 3.80. The highest BCUT2D eigenvalue weighted by molar-refractivity contribution is 5.74. The zero-order valence-electron chi connectivity index (χ0n) is 11.2. The third kappa shape index (κ3) is 7.65. The Morgan fingerprint density at radius 3 is 2.17 bits per heavy atom. The molecule has 0 bridgehead atoms. The van der Waals surface area contributed by atoms with Gasteiger partial charge in [0.1, 0.15) is 12.7 Å². The smallest absolute Gasteiger partial charge is 0.309 e. The van der Waals surface area contributed by atoms with Crippen LogP contribution in [0.1, 0.15) is 33.6 Å². The Morgan fingerprint density at radius 1 is 1.06 bits per heavy atom. The van der Waals surface area contributed by atoms with Crippen molar-refractivity contribution >= 4 is 17.9 Å². The van der Waals surface area contributed by atoms with E-state index in [4.69, 9.17) is 9.47 Å². The molecule has 0 spiro atoms. The minimum atomic E-state index is -0.537. The zero-order valence-corrected chi connectivity index (χ0v) is 11.2. The third-order valence-electron chi connectivity index (χ3n) is 2.04. The lowest BCUT2D eigenvalue weighted by molar-refractivity contribution is -0.157. The van der Waals surface area contributed by atoms with Crippen molar-refractivity contribution in [3.63, 3.8) is 0 Å². The first-order valence-corrected chi connectivity index (χ1v) is 5.79. The van der Waals surface area contributed by atoms with Crippen molar-refractivity contribution in [3.05, 3.63) is 0 Å². The van der Waals surface area contributed by atoms with Crippen molar-refractivity contribution in [3.8, 4) is 0 Å². The van der Waals surface area contributed by atoms with Crippen LogP contribution >= 0.6 is 0 Å². The van der Waals surface area contributed by atoms with E-state index in [2.05, 4.69) is 4.74 Å². The molecular weight excluding hydrogens is 240 g/mol. The maximum absolute atomic E-state index is 11.3. The van der Waals surface area contributed by atoms with Crippen LogP contribution in [0.15, 0.2) is 0 Å². The summed E-state index contributed by atoms with van der Waals surface area (Å²) in [6.07, 6.45) is -0.548. The number of carbonyl (C=O) groups excluding carboxylic acids is 3. The second-order valence-electron chi connectivity index (χ2n) is 4.15. The summed E-state index contributed by atoms with van der Waals surface area (Å²) in [7, 11) is 1.26. The topological polar surface area (TPSA) is 78.9 Å². The zero-order chi connectivity index (χ0) is 14.1. The molecule has 0 saturated carbocycles. The highest BCUT2D eigenvalue weighted by atomic mass is 16.6. The molecule has 18 heavy (non-hydrogen) atoms. The number of esters is 3. The maximum atomic E-state index is 11.3. The van der Waals surface area contributed by atoms with Gasteiger partial charge in [0, 0.05) is 0 Å². The Hall–Kier alpha value is -1.59. The van der Waals surface area contributed by atoms with Gasteiger partial charge in [0.25, 0.3) is 0 Å². The number of methoxy groups -OCH3 is 1. The van der Waals surface area contributed by atoms with E-state index < -0.39 is 18.0 Å². The molecule has 104 valence electrons. The summed E-state index contributed by atoms with van der Waals surface area (Å²) >= 11 is 0. The highest BCUT2D eigenvalue weighted by Crippen LogP contribution is 2.05. The third-order valence-corrected chi connectivity index (χ3v) is 2.04. The second-order valence-corrected chi connectivity index (χ2v) is 4.15.